The maximum absolute atomic E-state index is 11.6. The quantitative estimate of drug-likeness (QED) is 0.242. The van der Waals surface area contributed by atoms with Crippen LogP contribution in [0.5, 0.6) is 11.8 Å². The maximum atomic E-state index is 11.6. The molecule has 0 aromatic carbocycles. The minimum absolute atomic E-state index is 0.0650. The van der Waals surface area contributed by atoms with Crippen LogP contribution in [0.25, 0.3) is 38.8 Å². The highest BCUT2D eigenvalue weighted by Gasteiger charge is 2.30. The number of amides is 2. The highest BCUT2D eigenvalue weighted by molar-refractivity contribution is 6.30. The van der Waals surface area contributed by atoms with E-state index in [4.69, 9.17) is 26.1 Å². The van der Waals surface area contributed by atoms with Crippen LogP contribution in [0.1, 0.15) is 26.7 Å². The van der Waals surface area contributed by atoms with E-state index in [9.17, 15) is 9.59 Å². The average Bonchev–Trinajstić information content (AvgIpc) is 3.90. The van der Waals surface area contributed by atoms with Crippen LogP contribution in [0.4, 0.5) is 0 Å². The lowest BCUT2D eigenvalue weighted by Gasteiger charge is -2.20. The molecule has 8 rings (SSSR count). The number of fused-ring (bicyclic) bond motifs is 3. The van der Waals surface area contributed by atoms with E-state index in [0.717, 1.165) is 38.8 Å². The van der Waals surface area contributed by atoms with Crippen molar-refractivity contribution in [3.8, 4) is 23.0 Å². The molecule has 14 nitrogen and oxygen atoms in total. The third kappa shape index (κ3) is 6.10. The van der Waals surface area contributed by atoms with Crippen molar-refractivity contribution >= 4 is 51.0 Å². The highest BCUT2D eigenvalue weighted by atomic mass is 35.5. The van der Waals surface area contributed by atoms with Crippen LogP contribution in [0, 0.1) is 11.8 Å². The van der Waals surface area contributed by atoms with Gasteiger partial charge in [-0.25, -0.2) is 19.5 Å². The molecule has 6 aromatic rings. The van der Waals surface area contributed by atoms with E-state index in [1.165, 1.54) is 0 Å². The number of ether oxygens (including phenoxy) is 2. The molecule has 248 valence electrons. The molecule has 0 unspecified atom stereocenters. The zero-order valence-corrected chi connectivity index (χ0v) is 27.7. The zero-order chi connectivity index (χ0) is 33.5. The molecule has 2 aliphatic heterocycles. The summed E-state index contributed by atoms with van der Waals surface area (Å²) in [4.78, 5) is 40.6. The van der Waals surface area contributed by atoms with Crippen LogP contribution in [-0.2, 0) is 23.7 Å². The molecule has 0 saturated carbocycles. The van der Waals surface area contributed by atoms with Crippen molar-refractivity contribution < 1.29 is 19.1 Å². The lowest BCUT2D eigenvalue weighted by molar-refractivity contribution is -0.120. The molecule has 8 heterocycles. The van der Waals surface area contributed by atoms with E-state index in [1.54, 1.807) is 24.9 Å². The van der Waals surface area contributed by atoms with Crippen molar-refractivity contribution in [2.24, 2.45) is 25.9 Å². The van der Waals surface area contributed by atoms with Crippen molar-refractivity contribution in [1.82, 2.24) is 49.3 Å². The van der Waals surface area contributed by atoms with Crippen molar-refractivity contribution in [3.05, 3.63) is 60.5 Å². The Morgan fingerprint density at radius 3 is 2.02 bits per heavy atom. The van der Waals surface area contributed by atoms with E-state index in [-0.39, 0.29) is 35.9 Å². The maximum Gasteiger partial charge on any atom is 0.241 e. The smallest absolute Gasteiger partial charge is 0.241 e. The summed E-state index contributed by atoms with van der Waals surface area (Å²) in [6.45, 7) is 5.18. The van der Waals surface area contributed by atoms with Crippen molar-refractivity contribution in [3.63, 3.8) is 0 Å². The fraction of sp³-hybridized carbons (Fsp3) is 0.364. The molecular formula is C33H35ClN10O4. The number of carbonyl (C=O) groups is 2. The Kier molecular flexibility index (Phi) is 8.33. The van der Waals surface area contributed by atoms with Crippen LogP contribution in [-0.4, -0.2) is 75.8 Å². The van der Waals surface area contributed by atoms with Crippen molar-refractivity contribution in [2.75, 3.05) is 13.1 Å². The molecule has 4 atom stereocenters. The number of rotatable bonds is 7. The van der Waals surface area contributed by atoms with Gasteiger partial charge in [0.05, 0.1) is 41.1 Å². The van der Waals surface area contributed by atoms with Gasteiger partial charge in [0.25, 0.3) is 0 Å². The molecule has 2 aliphatic rings. The van der Waals surface area contributed by atoms with Crippen LogP contribution in [0.15, 0.2) is 55.4 Å². The summed E-state index contributed by atoms with van der Waals surface area (Å²) >= 11 is 5.99. The van der Waals surface area contributed by atoms with E-state index >= 15 is 0 Å². The number of nitrogens with zero attached hydrogens (tertiary/aromatic N) is 8. The van der Waals surface area contributed by atoms with Gasteiger partial charge in [-0.2, -0.15) is 10.1 Å². The number of halogens is 1. The summed E-state index contributed by atoms with van der Waals surface area (Å²) in [6.07, 6.45) is 7.84. The number of hydrogen-bond acceptors (Lipinski definition) is 9. The van der Waals surface area contributed by atoms with E-state index in [1.807, 2.05) is 72.1 Å². The molecule has 2 amide bonds. The Balaban J connectivity index is 0.000000161. The van der Waals surface area contributed by atoms with Gasteiger partial charge in [0.2, 0.25) is 23.6 Å². The van der Waals surface area contributed by atoms with Gasteiger partial charge >= 0.3 is 0 Å². The molecule has 6 aromatic heterocycles. The van der Waals surface area contributed by atoms with E-state index in [0.29, 0.717) is 42.8 Å². The van der Waals surface area contributed by atoms with Crippen molar-refractivity contribution in [1.29, 1.82) is 0 Å². The molecular weight excluding hydrogens is 636 g/mol. The van der Waals surface area contributed by atoms with Crippen molar-refractivity contribution in [2.45, 2.75) is 38.9 Å². The summed E-state index contributed by atoms with van der Waals surface area (Å²) in [5, 5.41) is 10.4. The van der Waals surface area contributed by atoms with Crippen LogP contribution >= 0.6 is 11.6 Å². The van der Waals surface area contributed by atoms with Gasteiger partial charge in [0.15, 0.2) is 0 Å². The van der Waals surface area contributed by atoms with Crippen LogP contribution in [0.2, 0.25) is 5.15 Å². The number of pyridine rings is 3. The molecule has 15 heteroatoms. The number of carbonyl (C=O) groups excluding carboxylic acids is 2. The molecule has 2 fully saturated rings. The predicted molar refractivity (Wildman–Crippen MR) is 179 cm³/mol. The Morgan fingerprint density at radius 1 is 0.854 bits per heavy atom. The first-order valence-corrected chi connectivity index (χ1v) is 16.1. The van der Waals surface area contributed by atoms with Gasteiger partial charge in [0.1, 0.15) is 28.4 Å². The van der Waals surface area contributed by atoms with Gasteiger partial charge in [-0.15, -0.1) is 0 Å². The lowest BCUT2D eigenvalue weighted by atomic mass is 10.0. The van der Waals surface area contributed by atoms with Gasteiger partial charge < -0.3 is 29.2 Å². The van der Waals surface area contributed by atoms with Gasteiger partial charge in [-0.3, -0.25) is 9.59 Å². The summed E-state index contributed by atoms with van der Waals surface area (Å²) in [6, 6.07) is 9.58. The normalized spacial score (nSPS) is 18.9. The van der Waals surface area contributed by atoms with Gasteiger partial charge in [-0.05, 0) is 32.0 Å². The third-order valence-corrected chi connectivity index (χ3v) is 9.13. The minimum atomic E-state index is -0.149. The van der Waals surface area contributed by atoms with Crippen LogP contribution in [0.3, 0.4) is 0 Å². The fourth-order valence-corrected chi connectivity index (χ4v) is 6.33. The second kappa shape index (κ2) is 12.8. The Bertz CT molecular complexity index is 2160. The average molecular weight is 671 g/mol. The first-order chi connectivity index (χ1) is 23.1. The SMILES string of the molecule is C[C@@H](Oc1nc(-c2cnn3ccccc23)cc2ncn(C)c12)[C@H]1CNC(=O)C1.C[C@@H](Oc1nc(Cl)cc2ncn(C)c12)[C@H]1CNC(=O)C1. The lowest BCUT2D eigenvalue weighted by Crippen LogP contribution is -2.26. The number of imidazole rings is 2. The first kappa shape index (κ1) is 31.4. The summed E-state index contributed by atoms with van der Waals surface area (Å²) in [5.74, 6) is 1.38. The first-order valence-electron chi connectivity index (χ1n) is 15.7. The molecule has 2 saturated heterocycles. The monoisotopic (exact) mass is 670 g/mol. The van der Waals surface area contributed by atoms with Crippen LogP contribution < -0.4 is 20.1 Å². The second-order valence-corrected chi connectivity index (χ2v) is 12.7. The number of aromatic nitrogens is 8. The Hall–Kier alpha value is -5.24. The number of nitrogens with one attached hydrogen (secondary N) is 2. The number of hydrogen-bond donors (Lipinski definition) is 2. The summed E-state index contributed by atoms with van der Waals surface area (Å²) in [7, 11) is 3.80. The summed E-state index contributed by atoms with van der Waals surface area (Å²) in [5.41, 5.74) is 5.84. The zero-order valence-electron chi connectivity index (χ0n) is 26.9. The molecule has 48 heavy (non-hydrogen) atoms. The Morgan fingerprint density at radius 2 is 1.44 bits per heavy atom. The van der Waals surface area contributed by atoms with Gasteiger partial charge in [0, 0.05) is 69.7 Å². The second-order valence-electron chi connectivity index (χ2n) is 12.3. The number of aryl methyl sites for hydroxylation is 2. The highest BCUT2D eigenvalue weighted by Crippen LogP contribution is 2.32. The predicted octanol–water partition coefficient (Wildman–Crippen LogP) is 3.71. The van der Waals surface area contributed by atoms with E-state index in [2.05, 4.69) is 30.7 Å². The molecule has 0 spiro atoms. The molecule has 0 radical (unpaired) electrons. The third-order valence-electron chi connectivity index (χ3n) is 8.94. The largest absolute Gasteiger partial charge is 0.473 e. The standard InChI is InChI=1S/C20H20N6O2.C13H15ClN4O2/c1-12(13-7-18(27)21-9-13)28-20-19-16(22-11-25(19)2)8-15(24-20)14-10-23-26-6-4-3-5-17(14)26;1-7(8-3-11(19)15-5-8)20-13-12-9(4-10(14)17-13)16-6-18(12)2/h3-6,8,10-13H,7,9H2,1-2H3,(H,21,27);4,6-8H,3,5H2,1-2H3,(H,15,19)/t12-,13-;7-,8-/m11/s1. The minimum Gasteiger partial charge on any atom is -0.473 e. The van der Waals surface area contributed by atoms with Gasteiger partial charge in [-0.1, -0.05) is 17.7 Å². The fourth-order valence-electron chi connectivity index (χ4n) is 6.15. The molecule has 0 bridgehead atoms. The molecule has 0 aliphatic carbocycles. The Labute approximate surface area is 280 Å². The topological polar surface area (TPSA) is 155 Å². The molecule has 2 N–H and O–H groups in total. The van der Waals surface area contributed by atoms with E-state index < -0.39 is 0 Å². The summed E-state index contributed by atoms with van der Waals surface area (Å²) < 4.78 is 17.8.